The lowest BCUT2D eigenvalue weighted by Crippen LogP contribution is -2.54. The molecule has 1 aliphatic heterocycles. The summed E-state index contributed by atoms with van der Waals surface area (Å²) in [6.45, 7) is 0. The molecule has 2 aliphatic rings. The molecule has 3 nitrogen and oxygen atoms in total. The number of thioether (sulfide) groups is 1. The lowest BCUT2D eigenvalue weighted by atomic mass is 9.97. The second-order valence-electron chi connectivity index (χ2n) is 5.47. The van der Waals surface area contributed by atoms with Crippen molar-refractivity contribution in [3.05, 3.63) is 21.4 Å². The van der Waals surface area contributed by atoms with E-state index in [2.05, 4.69) is 5.32 Å². The summed E-state index contributed by atoms with van der Waals surface area (Å²) in [4.78, 5) is 15.1. The van der Waals surface area contributed by atoms with E-state index in [0.29, 0.717) is 4.99 Å². The number of carbonyl (C=O) groups excluding carboxylic acids is 1. The minimum Gasteiger partial charge on any atom is -0.391 e. The first kappa shape index (κ1) is 14.4. The monoisotopic (exact) mass is 326 g/mol. The van der Waals surface area contributed by atoms with Gasteiger partial charge >= 0.3 is 0 Å². The third kappa shape index (κ3) is 2.61. The number of carbonyl (C=O) groups is 1. The molecule has 0 bridgehead atoms. The molecule has 1 aliphatic carbocycles. The fraction of sp³-hybridized carbons (Fsp3) is 0.571. The van der Waals surface area contributed by atoms with Gasteiger partial charge in [-0.1, -0.05) is 25.1 Å². The fourth-order valence-corrected chi connectivity index (χ4v) is 5.47. The molecule has 1 amide bonds. The Balaban J connectivity index is 1.78. The van der Waals surface area contributed by atoms with Crippen LogP contribution < -0.4 is 11.1 Å². The SMILES string of the molecule is NC(=S)C1(NC(=O)c2cc3c(s2)CCSC3)CCCC1. The van der Waals surface area contributed by atoms with E-state index in [9.17, 15) is 4.79 Å². The van der Waals surface area contributed by atoms with Crippen molar-refractivity contribution in [2.45, 2.75) is 43.4 Å². The van der Waals surface area contributed by atoms with Crippen LogP contribution in [0.4, 0.5) is 0 Å². The smallest absolute Gasteiger partial charge is 0.262 e. The maximum atomic E-state index is 12.5. The van der Waals surface area contributed by atoms with Crippen LogP contribution in [0.15, 0.2) is 6.07 Å². The number of thiocarbonyl (C=S) groups is 1. The molecule has 20 heavy (non-hydrogen) atoms. The standard InChI is InChI=1S/C14H18N2OS3/c15-13(18)14(4-1-2-5-14)16-12(17)11-7-9-8-19-6-3-10(9)20-11/h7H,1-6,8H2,(H2,15,18)(H,16,17). The lowest BCUT2D eigenvalue weighted by molar-refractivity contribution is 0.0928. The van der Waals surface area contributed by atoms with Gasteiger partial charge in [0.1, 0.15) is 0 Å². The zero-order valence-electron chi connectivity index (χ0n) is 11.2. The summed E-state index contributed by atoms with van der Waals surface area (Å²) < 4.78 is 0. The van der Waals surface area contributed by atoms with Crippen molar-refractivity contribution in [2.24, 2.45) is 5.73 Å². The van der Waals surface area contributed by atoms with Gasteiger partial charge < -0.3 is 11.1 Å². The summed E-state index contributed by atoms with van der Waals surface area (Å²) in [5, 5.41) is 3.12. The predicted octanol–water partition coefficient (Wildman–Crippen LogP) is 2.87. The number of hydrogen-bond acceptors (Lipinski definition) is 4. The Bertz CT molecular complexity index is 523. The number of rotatable bonds is 3. The summed E-state index contributed by atoms with van der Waals surface area (Å²) in [7, 11) is 0. The molecule has 0 saturated heterocycles. The van der Waals surface area contributed by atoms with Crippen molar-refractivity contribution < 1.29 is 4.79 Å². The van der Waals surface area contributed by atoms with Crippen LogP contribution in [0.5, 0.6) is 0 Å². The number of fused-ring (bicyclic) bond motifs is 1. The zero-order chi connectivity index (χ0) is 14.2. The average Bonchev–Trinajstić information content (AvgIpc) is 3.05. The van der Waals surface area contributed by atoms with Crippen molar-refractivity contribution in [1.82, 2.24) is 5.32 Å². The Hall–Kier alpha value is -0.590. The first-order chi connectivity index (χ1) is 9.61. The molecule has 3 N–H and O–H groups in total. The second kappa shape index (κ2) is 5.66. The third-order valence-electron chi connectivity index (χ3n) is 4.13. The summed E-state index contributed by atoms with van der Waals surface area (Å²) in [5.74, 6) is 2.18. The maximum absolute atomic E-state index is 12.5. The first-order valence-electron chi connectivity index (χ1n) is 6.92. The van der Waals surface area contributed by atoms with Gasteiger partial charge in [0.25, 0.3) is 5.91 Å². The van der Waals surface area contributed by atoms with Gasteiger partial charge in [-0.25, -0.2) is 0 Å². The van der Waals surface area contributed by atoms with Gasteiger partial charge in [-0.05, 0) is 36.6 Å². The molecule has 1 saturated carbocycles. The van der Waals surface area contributed by atoms with Crippen molar-refractivity contribution in [3.8, 4) is 0 Å². The first-order valence-corrected chi connectivity index (χ1v) is 9.30. The highest BCUT2D eigenvalue weighted by Gasteiger charge is 2.38. The predicted molar refractivity (Wildman–Crippen MR) is 89.6 cm³/mol. The van der Waals surface area contributed by atoms with Gasteiger partial charge in [-0.2, -0.15) is 11.8 Å². The van der Waals surface area contributed by atoms with Gasteiger partial charge in [-0.15, -0.1) is 11.3 Å². The minimum absolute atomic E-state index is 0.0101. The van der Waals surface area contributed by atoms with Crippen LogP contribution in [-0.2, 0) is 12.2 Å². The van der Waals surface area contributed by atoms with Gasteiger partial charge in [0.2, 0.25) is 0 Å². The molecule has 1 aromatic rings. The number of aryl methyl sites for hydroxylation is 1. The van der Waals surface area contributed by atoms with Crippen molar-refractivity contribution in [2.75, 3.05) is 5.75 Å². The third-order valence-corrected chi connectivity index (χ3v) is 6.77. The molecule has 1 aromatic heterocycles. The second-order valence-corrected chi connectivity index (χ2v) is 8.15. The highest BCUT2D eigenvalue weighted by Crippen LogP contribution is 2.34. The molecule has 0 unspecified atom stereocenters. The van der Waals surface area contributed by atoms with Gasteiger partial charge in [-0.3, -0.25) is 4.79 Å². The van der Waals surface area contributed by atoms with Crippen molar-refractivity contribution >= 4 is 46.2 Å². The number of nitrogens with two attached hydrogens (primary N) is 1. The van der Waals surface area contributed by atoms with Crippen LogP contribution in [0.25, 0.3) is 0 Å². The number of nitrogens with one attached hydrogen (secondary N) is 1. The molecular formula is C14H18N2OS3. The maximum Gasteiger partial charge on any atom is 0.262 e. The van der Waals surface area contributed by atoms with E-state index in [1.165, 1.54) is 10.4 Å². The van der Waals surface area contributed by atoms with Crippen LogP contribution in [-0.4, -0.2) is 22.2 Å². The molecule has 0 spiro atoms. The molecule has 0 atom stereocenters. The van der Waals surface area contributed by atoms with Crippen LogP contribution in [0, 0.1) is 0 Å². The number of thiophene rings is 1. The van der Waals surface area contributed by atoms with Crippen molar-refractivity contribution in [1.29, 1.82) is 0 Å². The van der Waals surface area contributed by atoms with Gasteiger partial charge in [0.05, 0.1) is 15.4 Å². The number of amides is 1. The normalized spacial score (nSPS) is 20.4. The number of hydrogen-bond donors (Lipinski definition) is 2. The molecule has 0 radical (unpaired) electrons. The Morgan fingerprint density at radius 2 is 2.15 bits per heavy atom. The Morgan fingerprint density at radius 3 is 2.80 bits per heavy atom. The van der Waals surface area contributed by atoms with E-state index < -0.39 is 5.54 Å². The van der Waals surface area contributed by atoms with Crippen LogP contribution >= 0.6 is 35.3 Å². The fourth-order valence-electron chi connectivity index (χ4n) is 2.95. The Morgan fingerprint density at radius 1 is 1.40 bits per heavy atom. The van der Waals surface area contributed by atoms with Crippen molar-refractivity contribution in [3.63, 3.8) is 0 Å². The summed E-state index contributed by atoms with van der Waals surface area (Å²) in [5.41, 5.74) is 6.75. The minimum atomic E-state index is -0.453. The van der Waals surface area contributed by atoms with Gasteiger partial charge in [0.15, 0.2) is 0 Å². The van der Waals surface area contributed by atoms with E-state index in [4.69, 9.17) is 18.0 Å². The zero-order valence-corrected chi connectivity index (χ0v) is 13.7. The van der Waals surface area contributed by atoms with E-state index in [-0.39, 0.29) is 5.91 Å². The summed E-state index contributed by atoms with van der Waals surface area (Å²) in [6, 6.07) is 2.05. The molecular weight excluding hydrogens is 308 g/mol. The molecule has 1 fully saturated rings. The summed E-state index contributed by atoms with van der Waals surface area (Å²) in [6.07, 6.45) is 4.98. The van der Waals surface area contributed by atoms with Crippen LogP contribution in [0.1, 0.15) is 45.8 Å². The largest absolute Gasteiger partial charge is 0.391 e. The highest BCUT2D eigenvalue weighted by atomic mass is 32.2. The Kier molecular flexibility index (Phi) is 4.06. The lowest BCUT2D eigenvalue weighted by Gasteiger charge is -2.28. The van der Waals surface area contributed by atoms with E-state index in [1.807, 2.05) is 17.8 Å². The highest BCUT2D eigenvalue weighted by molar-refractivity contribution is 7.98. The molecule has 3 rings (SSSR count). The van der Waals surface area contributed by atoms with E-state index in [0.717, 1.165) is 48.5 Å². The quantitative estimate of drug-likeness (QED) is 0.839. The molecule has 6 heteroatoms. The molecule has 0 aromatic carbocycles. The van der Waals surface area contributed by atoms with E-state index >= 15 is 0 Å². The topological polar surface area (TPSA) is 55.1 Å². The molecule has 108 valence electrons. The summed E-state index contributed by atoms with van der Waals surface area (Å²) >= 11 is 8.75. The Labute approximate surface area is 132 Å². The average molecular weight is 327 g/mol. The van der Waals surface area contributed by atoms with Gasteiger partial charge in [0, 0.05) is 10.6 Å². The van der Waals surface area contributed by atoms with Crippen LogP contribution in [0.2, 0.25) is 0 Å². The van der Waals surface area contributed by atoms with E-state index in [1.54, 1.807) is 11.3 Å². The molecule has 2 heterocycles. The van der Waals surface area contributed by atoms with Crippen LogP contribution in [0.3, 0.4) is 0 Å².